The molecule has 0 bridgehead atoms. The Bertz CT molecular complexity index is 1540. The van der Waals surface area contributed by atoms with Gasteiger partial charge in [-0.25, -0.2) is 0 Å². The third kappa shape index (κ3) is 5.67. The zero-order valence-electron chi connectivity index (χ0n) is 22.3. The molecule has 10 N–H and O–H groups in total. The summed E-state index contributed by atoms with van der Waals surface area (Å²) in [6.45, 7) is 0.853. The second kappa shape index (κ2) is 11.8. The molecule has 0 spiro atoms. The number of aliphatic hydroxyl groups excluding tert-OH is 6. The third-order valence-electron chi connectivity index (χ3n) is 7.34. The molecule has 5 rings (SSSR count). The Kier molecular flexibility index (Phi) is 8.41. The van der Waals surface area contributed by atoms with Crippen molar-refractivity contribution >= 4 is 11.0 Å². The molecule has 1 aromatic heterocycles. The van der Waals surface area contributed by atoms with E-state index in [9.17, 15) is 55.9 Å². The lowest BCUT2D eigenvalue weighted by Crippen LogP contribution is -2.61. The molecular formula is C27H30O16. The van der Waals surface area contributed by atoms with Crippen LogP contribution in [0, 0.1) is 0 Å². The number of fused-ring (bicyclic) bond motifs is 1. The average Bonchev–Trinajstić information content (AvgIpc) is 2.97. The maximum absolute atomic E-state index is 12.8. The van der Waals surface area contributed by atoms with Crippen LogP contribution in [0.4, 0.5) is 0 Å². The molecule has 2 saturated heterocycles. The van der Waals surface area contributed by atoms with Crippen LogP contribution >= 0.6 is 0 Å². The van der Waals surface area contributed by atoms with Crippen LogP contribution in [-0.2, 0) is 14.2 Å². The number of ether oxygens (including phenoxy) is 4. The SMILES string of the molecule is CC1OC(OCC2OC(Oc3cc4oc(-c5ccc(O)c(O)c5)cc(=O)c4c(O)c3O)C(O)C(O)C2O)C(O)C(O)C1O. The van der Waals surface area contributed by atoms with Crippen molar-refractivity contribution < 1.29 is 74.4 Å². The molecule has 3 heterocycles. The molecule has 10 unspecified atom stereocenters. The molecule has 0 saturated carbocycles. The molecule has 16 heteroatoms. The maximum Gasteiger partial charge on any atom is 0.229 e. The van der Waals surface area contributed by atoms with Gasteiger partial charge in [-0.1, -0.05) is 0 Å². The first-order valence-corrected chi connectivity index (χ1v) is 13.0. The summed E-state index contributed by atoms with van der Waals surface area (Å²) in [5.74, 6) is -3.45. The highest BCUT2D eigenvalue weighted by Crippen LogP contribution is 2.43. The van der Waals surface area contributed by atoms with E-state index in [1.165, 1.54) is 13.0 Å². The summed E-state index contributed by atoms with van der Waals surface area (Å²) in [5, 5.41) is 101. The minimum Gasteiger partial charge on any atom is -0.504 e. The van der Waals surface area contributed by atoms with Crippen molar-refractivity contribution in [3.63, 3.8) is 0 Å². The molecular weight excluding hydrogens is 580 g/mol. The Labute approximate surface area is 241 Å². The van der Waals surface area contributed by atoms with Gasteiger partial charge >= 0.3 is 0 Å². The smallest absolute Gasteiger partial charge is 0.229 e. The van der Waals surface area contributed by atoms with Crippen molar-refractivity contribution in [1.29, 1.82) is 0 Å². The lowest BCUT2D eigenvalue weighted by atomic mass is 9.98. The Morgan fingerprint density at radius 1 is 0.744 bits per heavy atom. The summed E-state index contributed by atoms with van der Waals surface area (Å²) in [6, 6.07) is 5.61. The van der Waals surface area contributed by atoms with E-state index in [4.69, 9.17) is 23.4 Å². The molecule has 43 heavy (non-hydrogen) atoms. The van der Waals surface area contributed by atoms with Gasteiger partial charge in [0.15, 0.2) is 34.7 Å². The largest absolute Gasteiger partial charge is 0.504 e. The number of aromatic hydroxyl groups is 4. The summed E-state index contributed by atoms with van der Waals surface area (Å²) in [5.41, 5.74) is -0.907. The van der Waals surface area contributed by atoms with Gasteiger partial charge in [-0.3, -0.25) is 4.79 Å². The van der Waals surface area contributed by atoms with Gasteiger partial charge in [0.2, 0.25) is 12.0 Å². The van der Waals surface area contributed by atoms with Crippen molar-refractivity contribution in [2.45, 2.75) is 68.3 Å². The summed E-state index contributed by atoms with van der Waals surface area (Å²) in [4.78, 5) is 12.8. The number of aliphatic hydroxyl groups is 6. The normalized spacial score (nSPS) is 33.0. The van der Waals surface area contributed by atoms with Gasteiger partial charge in [-0.2, -0.15) is 0 Å². The van der Waals surface area contributed by atoms with E-state index in [1.54, 1.807) is 0 Å². The Balaban J connectivity index is 1.40. The maximum atomic E-state index is 12.8. The molecule has 3 aromatic rings. The summed E-state index contributed by atoms with van der Waals surface area (Å²) < 4.78 is 27.5. The van der Waals surface area contributed by atoms with Gasteiger partial charge in [0.25, 0.3) is 0 Å². The second-order valence-electron chi connectivity index (χ2n) is 10.3. The van der Waals surface area contributed by atoms with E-state index in [-0.39, 0.29) is 16.9 Å². The fourth-order valence-electron chi connectivity index (χ4n) is 4.80. The molecule has 234 valence electrons. The fourth-order valence-corrected chi connectivity index (χ4v) is 4.80. The van der Waals surface area contributed by atoms with Crippen LogP contribution in [0.3, 0.4) is 0 Å². The minimum absolute atomic E-state index is 0.0902. The lowest BCUT2D eigenvalue weighted by Gasteiger charge is -2.42. The first kappa shape index (κ1) is 30.7. The number of phenols is 4. The highest BCUT2D eigenvalue weighted by Gasteiger charge is 2.47. The van der Waals surface area contributed by atoms with Crippen LogP contribution in [0.1, 0.15) is 6.92 Å². The average molecular weight is 611 g/mol. The number of phenolic OH excluding ortho intramolecular Hbond substituents is 4. The number of hydrogen-bond acceptors (Lipinski definition) is 16. The van der Waals surface area contributed by atoms with Crippen molar-refractivity contribution in [1.82, 2.24) is 0 Å². The quantitative estimate of drug-likeness (QED) is 0.140. The summed E-state index contributed by atoms with van der Waals surface area (Å²) in [6.07, 6.45) is -15.8. The van der Waals surface area contributed by atoms with Crippen LogP contribution < -0.4 is 10.2 Å². The monoisotopic (exact) mass is 610 g/mol. The van der Waals surface area contributed by atoms with Crippen molar-refractivity contribution in [2.75, 3.05) is 6.61 Å². The molecule has 2 aliphatic heterocycles. The second-order valence-corrected chi connectivity index (χ2v) is 10.3. The standard InChI is InChI=1S/C27H30O16/c1-8-18(31)22(35)24(37)26(40-8)39-7-16-20(33)23(36)25(38)27(43-16)42-15-6-14-17(21(34)19(15)32)12(30)5-13(41-14)9-2-3-10(28)11(29)4-9/h2-6,8,16,18,20,22-29,31-38H,7H2,1H3. The Morgan fingerprint density at radius 3 is 2.12 bits per heavy atom. The van der Waals surface area contributed by atoms with Crippen molar-refractivity contribution in [2.24, 2.45) is 0 Å². The molecule has 0 amide bonds. The molecule has 16 nitrogen and oxygen atoms in total. The molecule has 0 aliphatic carbocycles. The topological polar surface area (TPSA) is 269 Å². The molecule has 10 atom stereocenters. The highest BCUT2D eigenvalue weighted by atomic mass is 16.7. The zero-order chi connectivity index (χ0) is 31.3. The van der Waals surface area contributed by atoms with E-state index in [0.29, 0.717) is 0 Å². The van der Waals surface area contributed by atoms with Crippen LogP contribution in [0.15, 0.2) is 39.5 Å². The van der Waals surface area contributed by atoms with Crippen LogP contribution in [0.5, 0.6) is 28.7 Å². The molecule has 0 radical (unpaired) electrons. The van der Waals surface area contributed by atoms with E-state index < -0.39 is 108 Å². The van der Waals surface area contributed by atoms with E-state index in [0.717, 1.165) is 24.3 Å². The highest BCUT2D eigenvalue weighted by molar-refractivity contribution is 5.89. The summed E-state index contributed by atoms with van der Waals surface area (Å²) >= 11 is 0. The van der Waals surface area contributed by atoms with Crippen LogP contribution in [0.2, 0.25) is 0 Å². The lowest BCUT2D eigenvalue weighted by molar-refractivity contribution is -0.318. The van der Waals surface area contributed by atoms with E-state index in [1.807, 2.05) is 0 Å². The number of benzene rings is 2. The zero-order valence-corrected chi connectivity index (χ0v) is 22.3. The molecule has 2 aromatic carbocycles. The van der Waals surface area contributed by atoms with Crippen LogP contribution in [0.25, 0.3) is 22.3 Å². The van der Waals surface area contributed by atoms with Crippen molar-refractivity contribution in [3.8, 4) is 40.1 Å². The third-order valence-corrected chi connectivity index (χ3v) is 7.34. The van der Waals surface area contributed by atoms with Crippen molar-refractivity contribution in [3.05, 3.63) is 40.6 Å². The van der Waals surface area contributed by atoms with Gasteiger partial charge in [-0.05, 0) is 25.1 Å². The molecule has 2 aliphatic rings. The number of rotatable bonds is 6. The predicted molar refractivity (Wildman–Crippen MR) is 140 cm³/mol. The van der Waals surface area contributed by atoms with E-state index in [2.05, 4.69) is 0 Å². The first-order chi connectivity index (χ1) is 20.3. The van der Waals surface area contributed by atoms with Gasteiger partial charge in [0, 0.05) is 17.7 Å². The number of hydrogen-bond donors (Lipinski definition) is 10. The summed E-state index contributed by atoms with van der Waals surface area (Å²) in [7, 11) is 0. The van der Waals surface area contributed by atoms with Gasteiger partial charge < -0.3 is 74.4 Å². The van der Waals surface area contributed by atoms with E-state index >= 15 is 0 Å². The van der Waals surface area contributed by atoms with Gasteiger partial charge in [0.05, 0.1) is 12.7 Å². The van der Waals surface area contributed by atoms with Gasteiger partial charge in [-0.15, -0.1) is 0 Å². The minimum atomic E-state index is -1.91. The molecule has 2 fully saturated rings. The van der Waals surface area contributed by atoms with Gasteiger partial charge in [0.1, 0.15) is 59.5 Å². The fraction of sp³-hybridized carbons (Fsp3) is 0.444. The Hall–Kier alpha value is -3.71. The first-order valence-electron chi connectivity index (χ1n) is 13.0. The predicted octanol–water partition coefficient (Wildman–Crippen LogP) is -1.69. The van der Waals surface area contributed by atoms with Crippen LogP contribution in [-0.4, -0.2) is 119 Å². The Morgan fingerprint density at radius 2 is 1.42 bits per heavy atom.